The zero-order valence-corrected chi connectivity index (χ0v) is 11.6. The van der Waals surface area contributed by atoms with Crippen molar-refractivity contribution >= 4 is 11.4 Å². The van der Waals surface area contributed by atoms with Crippen LogP contribution in [0.25, 0.3) is 0 Å². The minimum Gasteiger partial charge on any atom is -0.398 e. The molecule has 1 atom stereocenters. The maximum atomic E-state index is 14.0. The second kappa shape index (κ2) is 5.16. The zero-order chi connectivity index (χ0) is 14.1. The van der Waals surface area contributed by atoms with Crippen LogP contribution in [0.15, 0.2) is 42.5 Å². The second-order valence-corrected chi connectivity index (χ2v) is 5.34. The van der Waals surface area contributed by atoms with Crippen LogP contribution in [-0.2, 0) is 6.42 Å². The third-order valence-corrected chi connectivity index (χ3v) is 4.15. The molecule has 0 aliphatic carbocycles. The SMILES string of the molecule is CC(c1ccccc1F)N1CCCc2c(N)cccc21. The van der Waals surface area contributed by atoms with Crippen molar-refractivity contribution in [3.8, 4) is 0 Å². The molecule has 104 valence electrons. The molecule has 3 rings (SSSR count). The van der Waals surface area contributed by atoms with Crippen molar-refractivity contribution in [2.45, 2.75) is 25.8 Å². The number of hydrogen-bond donors (Lipinski definition) is 1. The van der Waals surface area contributed by atoms with Gasteiger partial charge in [-0.05, 0) is 43.5 Å². The van der Waals surface area contributed by atoms with Gasteiger partial charge in [-0.1, -0.05) is 24.3 Å². The van der Waals surface area contributed by atoms with Gasteiger partial charge < -0.3 is 10.6 Å². The van der Waals surface area contributed by atoms with Crippen LogP contribution in [0, 0.1) is 5.82 Å². The molecule has 2 N–H and O–H groups in total. The van der Waals surface area contributed by atoms with Gasteiger partial charge >= 0.3 is 0 Å². The molecule has 2 aromatic carbocycles. The lowest BCUT2D eigenvalue weighted by Crippen LogP contribution is -2.32. The smallest absolute Gasteiger partial charge is 0.128 e. The van der Waals surface area contributed by atoms with Gasteiger partial charge in [0.05, 0.1) is 6.04 Å². The Labute approximate surface area is 119 Å². The summed E-state index contributed by atoms with van der Waals surface area (Å²) in [6.07, 6.45) is 2.06. The van der Waals surface area contributed by atoms with Gasteiger partial charge in [0, 0.05) is 23.5 Å². The molecular formula is C17H19FN2. The van der Waals surface area contributed by atoms with Crippen LogP contribution in [0.3, 0.4) is 0 Å². The Bertz CT molecular complexity index is 624. The topological polar surface area (TPSA) is 29.3 Å². The molecule has 0 aromatic heterocycles. The summed E-state index contributed by atoms with van der Waals surface area (Å²) in [5, 5.41) is 0. The van der Waals surface area contributed by atoms with Gasteiger partial charge in [0.1, 0.15) is 5.82 Å². The normalized spacial score (nSPS) is 15.8. The van der Waals surface area contributed by atoms with Gasteiger partial charge in [0.25, 0.3) is 0 Å². The number of rotatable bonds is 2. The van der Waals surface area contributed by atoms with E-state index in [2.05, 4.69) is 17.9 Å². The molecule has 0 saturated heterocycles. The molecule has 3 heteroatoms. The van der Waals surface area contributed by atoms with Crippen LogP contribution in [-0.4, -0.2) is 6.54 Å². The van der Waals surface area contributed by atoms with Gasteiger partial charge in [0.15, 0.2) is 0 Å². The highest BCUT2D eigenvalue weighted by Crippen LogP contribution is 2.37. The number of fused-ring (bicyclic) bond motifs is 1. The van der Waals surface area contributed by atoms with Crippen molar-refractivity contribution in [3.05, 3.63) is 59.4 Å². The molecule has 20 heavy (non-hydrogen) atoms. The molecular weight excluding hydrogens is 251 g/mol. The van der Waals surface area contributed by atoms with E-state index < -0.39 is 0 Å². The number of halogens is 1. The molecule has 0 saturated carbocycles. The summed E-state index contributed by atoms with van der Waals surface area (Å²) in [5.74, 6) is -0.143. The van der Waals surface area contributed by atoms with Crippen molar-refractivity contribution in [3.63, 3.8) is 0 Å². The predicted molar refractivity (Wildman–Crippen MR) is 81.3 cm³/mol. The Morgan fingerprint density at radius 2 is 1.95 bits per heavy atom. The van der Waals surface area contributed by atoms with E-state index in [4.69, 9.17) is 5.73 Å². The number of nitrogen functional groups attached to an aromatic ring is 1. The Balaban J connectivity index is 2.01. The first-order valence-electron chi connectivity index (χ1n) is 7.07. The van der Waals surface area contributed by atoms with Crippen molar-refractivity contribution in [1.29, 1.82) is 0 Å². The fourth-order valence-electron chi connectivity index (χ4n) is 3.06. The van der Waals surface area contributed by atoms with Crippen LogP contribution in [0.4, 0.5) is 15.8 Å². The van der Waals surface area contributed by atoms with Crippen molar-refractivity contribution in [1.82, 2.24) is 0 Å². The molecule has 1 aliphatic heterocycles. The summed E-state index contributed by atoms with van der Waals surface area (Å²) < 4.78 is 14.0. The van der Waals surface area contributed by atoms with E-state index in [9.17, 15) is 4.39 Å². The lowest BCUT2D eigenvalue weighted by molar-refractivity contribution is 0.559. The minimum atomic E-state index is -0.143. The first kappa shape index (κ1) is 13.0. The first-order chi connectivity index (χ1) is 9.68. The predicted octanol–water partition coefficient (Wildman–Crippen LogP) is 3.92. The van der Waals surface area contributed by atoms with Gasteiger partial charge in [-0.15, -0.1) is 0 Å². The van der Waals surface area contributed by atoms with Gasteiger partial charge in [0.2, 0.25) is 0 Å². The summed E-state index contributed by atoms with van der Waals surface area (Å²) in [5.41, 5.74) is 9.99. The lowest BCUT2D eigenvalue weighted by atomic mass is 9.96. The van der Waals surface area contributed by atoms with E-state index in [0.29, 0.717) is 0 Å². The second-order valence-electron chi connectivity index (χ2n) is 5.34. The fraction of sp³-hybridized carbons (Fsp3) is 0.294. The Morgan fingerprint density at radius 1 is 1.15 bits per heavy atom. The highest BCUT2D eigenvalue weighted by atomic mass is 19.1. The maximum absolute atomic E-state index is 14.0. The molecule has 0 bridgehead atoms. The summed E-state index contributed by atoms with van der Waals surface area (Å²) >= 11 is 0. The van der Waals surface area contributed by atoms with Gasteiger partial charge in [-0.2, -0.15) is 0 Å². The van der Waals surface area contributed by atoms with E-state index in [-0.39, 0.29) is 11.9 Å². The maximum Gasteiger partial charge on any atom is 0.128 e. The fourth-order valence-corrected chi connectivity index (χ4v) is 3.06. The largest absolute Gasteiger partial charge is 0.398 e. The summed E-state index contributed by atoms with van der Waals surface area (Å²) in [7, 11) is 0. The highest BCUT2D eigenvalue weighted by Gasteiger charge is 2.24. The molecule has 2 aromatic rings. The van der Waals surface area contributed by atoms with Crippen molar-refractivity contribution in [2.24, 2.45) is 0 Å². The van der Waals surface area contributed by atoms with Crippen molar-refractivity contribution < 1.29 is 4.39 Å². The van der Waals surface area contributed by atoms with Crippen LogP contribution in [0.5, 0.6) is 0 Å². The molecule has 1 heterocycles. The number of anilines is 2. The Morgan fingerprint density at radius 3 is 2.75 bits per heavy atom. The number of hydrogen-bond acceptors (Lipinski definition) is 2. The zero-order valence-electron chi connectivity index (χ0n) is 11.6. The molecule has 2 nitrogen and oxygen atoms in total. The van der Waals surface area contributed by atoms with E-state index in [1.54, 1.807) is 6.07 Å². The molecule has 0 fully saturated rings. The molecule has 0 spiro atoms. The third kappa shape index (κ3) is 2.13. The van der Waals surface area contributed by atoms with Gasteiger partial charge in [-0.3, -0.25) is 0 Å². The van der Waals surface area contributed by atoms with Crippen LogP contribution >= 0.6 is 0 Å². The molecule has 1 aliphatic rings. The summed E-state index contributed by atoms with van der Waals surface area (Å²) in [4.78, 5) is 2.26. The summed E-state index contributed by atoms with van der Waals surface area (Å²) in [6, 6.07) is 13.0. The Kier molecular flexibility index (Phi) is 3.35. The molecule has 1 unspecified atom stereocenters. The minimum absolute atomic E-state index is 0.0112. The highest BCUT2D eigenvalue weighted by molar-refractivity contribution is 5.67. The lowest BCUT2D eigenvalue weighted by Gasteiger charge is -2.37. The van der Waals surface area contributed by atoms with Crippen molar-refractivity contribution in [2.75, 3.05) is 17.2 Å². The average molecular weight is 270 g/mol. The quantitative estimate of drug-likeness (QED) is 0.838. The standard InChI is InChI=1S/C17H19FN2/c1-12(13-6-2-3-8-15(13)18)20-11-5-7-14-16(19)9-4-10-17(14)20/h2-4,6,8-10,12H,5,7,11,19H2,1H3. The van der Waals surface area contributed by atoms with E-state index >= 15 is 0 Å². The first-order valence-corrected chi connectivity index (χ1v) is 7.07. The monoisotopic (exact) mass is 270 g/mol. The summed E-state index contributed by atoms with van der Waals surface area (Å²) in [6.45, 7) is 2.99. The average Bonchev–Trinajstić information content (AvgIpc) is 2.47. The number of nitrogens with zero attached hydrogens (tertiary/aromatic N) is 1. The Hall–Kier alpha value is -2.03. The van der Waals surface area contributed by atoms with Crippen LogP contribution in [0.2, 0.25) is 0 Å². The third-order valence-electron chi connectivity index (χ3n) is 4.15. The van der Waals surface area contributed by atoms with E-state index in [1.165, 1.54) is 11.6 Å². The van der Waals surface area contributed by atoms with E-state index in [1.807, 2.05) is 24.3 Å². The van der Waals surface area contributed by atoms with Crippen LogP contribution < -0.4 is 10.6 Å². The number of nitrogens with two attached hydrogens (primary N) is 1. The molecule has 0 radical (unpaired) electrons. The van der Waals surface area contributed by atoms with Gasteiger partial charge in [-0.25, -0.2) is 4.39 Å². The van der Waals surface area contributed by atoms with E-state index in [0.717, 1.165) is 36.3 Å². The van der Waals surface area contributed by atoms with Crippen LogP contribution in [0.1, 0.15) is 30.5 Å². The number of benzene rings is 2. The molecule has 0 amide bonds.